The number of piperidine rings is 1. The van der Waals surface area contributed by atoms with Gasteiger partial charge in [0.05, 0.1) is 13.2 Å². The Balaban J connectivity index is 0.00000306. The molecule has 4 rings (SSSR count). The van der Waals surface area contributed by atoms with E-state index in [1.807, 2.05) is 18.2 Å². The van der Waals surface area contributed by atoms with E-state index in [1.54, 1.807) is 0 Å². The van der Waals surface area contributed by atoms with E-state index in [0.717, 1.165) is 61.9 Å². The largest absolute Gasteiger partial charge is 0.490 e. The van der Waals surface area contributed by atoms with Crippen LogP contribution in [0, 0.1) is 5.92 Å². The highest BCUT2D eigenvalue weighted by Crippen LogP contribution is 2.32. The highest BCUT2D eigenvalue weighted by Gasteiger charge is 2.23. The molecule has 1 aromatic carbocycles. The van der Waals surface area contributed by atoms with Crippen LogP contribution < -0.4 is 25.4 Å². The maximum absolute atomic E-state index is 12.1. The number of nitrogens with one attached hydrogen (secondary N) is 3. The molecule has 0 spiro atoms. The van der Waals surface area contributed by atoms with Crippen LogP contribution in [-0.4, -0.2) is 68.7 Å². The van der Waals surface area contributed by atoms with Gasteiger partial charge in [0.15, 0.2) is 17.5 Å². The van der Waals surface area contributed by atoms with E-state index in [-0.39, 0.29) is 36.4 Å². The summed E-state index contributed by atoms with van der Waals surface area (Å²) in [6.45, 7) is 8.03. The van der Waals surface area contributed by atoms with Gasteiger partial charge < -0.3 is 30.3 Å². The molecule has 2 aliphatic heterocycles. The summed E-state index contributed by atoms with van der Waals surface area (Å²) in [4.78, 5) is 19.2. The molecule has 1 aromatic rings. The fourth-order valence-corrected chi connectivity index (χ4v) is 3.96. The van der Waals surface area contributed by atoms with E-state index in [9.17, 15) is 4.79 Å². The molecule has 8 nitrogen and oxygen atoms in total. The van der Waals surface area contributed by atoms with Crippen molar-refractivity contribution in [2.75, 3.05) is 51.3 Å². The van der Waals surface area contributed by atoms with Gasteiger partial charge in [-0.1, -0.05) is 6.92 Å². The van der Waals surface area contributed by atoms with Crippen molar-refractivity contribution in [1.29, 1.82) is 0 Å². The Bertz CT molecular complexity index is 794. The summed E-state index contributed by atoms with van der Waals surface area (Å²) in [6, 6.07) is 6.13. The zero-order chi connectivity index (χ0) is 22.2. The Kier molecular flexibility index (Phi) is 10.4. The van der Waals surface area contributed by atoms with Crippen LogP contribution in [0.3, 0.4) is 0 Å². The van der Waals surface area contributed by atoms with Crippen LogP contribution >= 0.6 is 24.0 Å². The second-order valence-electron chi connectivity index (χ2n) is 9.15. The smallest absolute Gasteiger partial charge is 0.242 e. The number of ether oxygens (including phenoxy) is 2. The van der Waals surface area contributed by atoms with Crippen LogP contribution in [-0.2, 0) is 4.79 Å². The Morgan fingerprint density at radius 3 is 2.64 bits per heavy atom. The average Bonchev–Trinajstić information content (AvgIpc) is 3.63. The third-order valence-electron chi connectivity index (χ3n) is 6.15. The van der Waals surface area contributed by atoms with Gasteiger partial charge in [0.25, 0.3) is 0 Å². The molecule has 0 atom stereocenters. The number of hydrogen-bond donors (Lipinski definition) is 3. The van der Waals surface area contributed by atoms with Crippen LogP contribution in [0.5, 0.6) is 11.5 Å². The molecule has 0 aromatic heterocycles. The van der Waals surface area contributed by atoms with E-state index in [2.05, 4.69) is 32.8 Å². The number of hydrogen-bond acceptors (Lipinski definition) is 5. The molecular formula is C24H38IN5O3. The summed E-state index contributed by atoms with van der Waals surface area (Å²) in [5, 5.41) is 9.71. The fourth-order valence-electron chi connectivity index (χ4n) is 3.96. The highest BCUT2D eigenvalue weighted by molar-refractivity contribution is 14.0. The molecule has 3 aliphatic rings. The summed E-state index contributed by atoms with van der Waals surface area (Å²) < 4.78 is 11.5. The predicted octanol–water partition coefficient (Wildman–Crippen LogP) is 3.22. The zero-order valence-corrected chi connectivity index (χ0v) is 21.9. The van der Waals surface area contributed by atoms with Gasteiger partial charge in [0.1, 0.15) is 6.54 Å². The van der Waals surface area contributed by atoms with E-state index in [0.29, 0.717) is 25.2 Å². The predicted molar refractivity (Wildman–Crippen MR) is 142 cm³/mol. The minimum Gasteiger partial charge on any atom is -0.490 e. The summed E-state index contributed by atoms with van der Waals surface area (Å²) in [7, 11) is 0. The number of fused-ring (bicyclic) bond motifs is 1. The molecule has 0 radical (unpaired) electrons. The quantitative estimate of drug-likeness (QED) is 0.192. The lowest BCUT2D eigenvalue weighted by Gasteiger charge is -2.30. The van der Waals surface area contributed by atoms with Gasteiger partial charge in [-0.3, -0.25) is 4.79 Å². The van der Waals surface area contributed by atoms with E-state index in [4.69, 9.17) is 9.47 Å². The number of guanidine groups is 1. The molecule has 1 aliphatic carbocycles. The number of benzene rings is 1. The first-order valence-electron chi connectivity index (χ1n) is 12.1. The van der Waals surface area contributed by atoms with Gasteiger partial charge in [-0.2, -0.15) is 0 Å². The highest BCUT2D eigenvalue weighted by atomic mass is 127. The summed E-state index contributed by atoms with van der Waals surface area (Å²) >= 11 is 0. The number of likely N-dealkylation sites (tertiary alicyclic amines) is 1. The average molecular weight is 572 g/mol. The lowest BCUT2D eigenvalue weighted by molar-refractivity contribution is -0.119. The van der Waals surface area contributed by atoms with Crippen molar-refractivity contribution in [3.63, 3.8) is 0 Å². The Hall–Kier alpha value is -1.75. The molecule has 9 heteroatoms. The zero-order valence-electron chi connectivity index (χ0n) is 19.6. The SMILES string of the molecule is CC1CCN(CCCNC(=NCC(=O)NC2CC2)Nc2ccc3c(c2)OCCCO3)CC1.I. The molecule has 0 bridgehead atoms. The molecule has 1 saturated heterocycles. The molecular weight excluding hydrogens is 533 g/mol. The summed E-state index contributed by atoms with van der Waals surface area (Å²) in [5.74, 6) is 2.92. The minimum atomic E-state index is -0.0327. The first-order chi connectivity index (χ1) is 15.7. The van der Waals surface area contributed by atoms with Gasteiger partial charge >= 0.3 is 0 Å². The fraction of sp³-hybridized carbons (Fsp3) is 0.667. The van der Waals surface area contributed by atoms with E-state index >= 15 is 0 Å². The number of amides is 1. The number of anilines is 1. The molecule has 2 heterocycles. The van der Waals surface area contributed by atoms with Gasteiger partial charge in [-0.15, -0.1) is 24.0 Å². The van der Waals surface area contributed by atoms with Crippen molar-refractivity contribution < 1.29 is 14.3 Å². The molecule has 1 amide bonds. The number of nitrogens with zero attached hydrogens (tertiary/aromatic N) is 2. The molecule has 1 saturated carbocycles. The minimum absolute atomic E-state index is 0. The molecule has 2 fully saturated rings. The van der Waals surface area contributed by atoms with Gasteiger partial charge in [-0.05, 0) is 69.8 Å². The second-order valence-corrected chi connectivity index (χ2v) is 9.15. The van der Waals surface area contributed by atoms with Crippen LogP contribution in [0.2, 0.25) is 0 Å². The van der Waals surface area contributed by atoms with Crippen LogP contribution in [0.1, 0.15) is 45.4 Å². The monoisotopic (exact) mass is 571 g/mol. The second kappa shape index (κ2) is 13.2. The van der Waals surface area contributed by atoms with Gasteiger partial charge in [0.2, 0.25) is 5.91 Å². The van der Waals surface area contributed by atoms with E-state index in [1.165, 1.54) is 25.9 Å². The lowest BCUT2D eigenvalue weighted by Crippen LogP contribution is -2.37. The van der Waals surface area contributed by atoms with Crippen molar-refractivity contribution in [3.05, 3.63) is 18.2 Å². The topological polar surface area (TPSA) is 87.2 Å². The number of halogens is 1. The molecule has 184 valence electrons. The number of carbonyl (C=O) groups excluding carboxylic acids is 1. The summed E-state index contributed by atoms with van der Waals surface area (Å²) in [5.41, 5.74) is 0.855. The van der Waals surface area contributed by atoms with Crippen molar-refractivity contribution in [1.82, 2.24) is 15.5 Å². The van der Waals surface area contributed by atoms with Crippen molar-refractivity contribution in [2.45, 2.75) is 51.5 Å². The standard InChI is InChI=1S/C24H37N5O3.HI/c1-18-8-12-29(13-9-18)11-2-10-25-24(26-17-23(30)27-19-4-5-19)28-20-6-7-21-22(16-20)32-15-3-14-31-21;/h6-7,16,18-19H,2-5,8-15,17H2,1H3,(H,27,30)(H2,25,26,28);1H. The first kappa shape index (κ1) is 25.9. The number of carbonyl (C=O) groups is 1. The van der Waals surface area contributed by atoms with Gasteiger partial charge in [-0.25, -0.2) is 4.99 Å². The Morgan fingerprint density at radius 1 is 1.12 bits per heavy atom. The third kappa shape index (κ3) is 8.84. The summed E-state index contributed by atoms with van der Waals surface area (Å²) in [6.07, 6.45) is 6.64. The first-order valence-corrected chi connectivity index (χ1v) is 12.1. The van der Waals surface area contributed by atoms with Crippen molar-refractivity contribution >= 4 is 41.5 Å². The van der Waals surface area contributed by atoms with Crippen molar-refractivity contribution in [2.24, 2.45) is 10.9 Å². The van der Waals surface area contributed by atoms with E-state index < -0.39 is 0 Å². The normalized spacial score (nSPS) is 19.2. The van der Waals surface area contributed by atoms with Crippen molar-refractivity contribution in [3.8, 4) is 11.5 Å². The maximum Gasteiger partial charge on any atom is 0.242 e. The Morgan fingerprint density at radius 2 is 1.88 bits per heavy atom. The molecule has 0 unspecified atom stereocenters. The van der Waals surface area contributed by atoms with Crippen LogP contribution in [0.25, 0.3) is 0 Å². The third-order valence-corrected chi connectivity index (χ3v) is 6.15. The van der Waals surface area contributed by atoms with Crippen LogP contribution in [0.4, 0.5) is 5.69 Å². The molecule has 33 heavy (non-hydrogen) atoms. The Labute approximate surface area is 214 Å². The van der Waals surface area contributed by atoms with Crippen LogP contribution in [0.15, 0.2) is 23.2 Å². The lowest BCUT2D eigenvalue weighted by atomic mass is 9.99. The maximum atomic E-state index is 12.1. The molecule has 3 N–H and O–H groups in total. The number of rotatable bonds is 8. The number of aliphatic imine (C=N–C) groups is 1. The van der Waals surface area contributed by atoms with Gasteiger partial charge in [0, 0.05) is 30.8 Å².